The average molecular weight is 287 g/mol. The van der Waals surface area contributed by atoms with E-state index in [1.54, 1.807) is 11.9 Å². The summed E-state index contributed by atoms with van der Waals surface area (Å²) in [4.78, 5) is 25.6. The molecule has 2 aliphatic rings. The topological polar surface area (TPSA) is 57.6 Å². The summed E-state index contributed by atoms with van der Waals surface area (Å²) in [5.74, 6) is -0.608. The van der Waals surface area contributed by atoms with Crippen molar-refractivity contribution >= 4 is 17.6 Å². The van der Waals surface area contributed by atoms with E-state index in [0.29, 0.717) is 25.7 Å². The molecule has 4 heteroatoms. The SMILES string of the molecule is CN1C(=O)CCc2c1cccc2C1(C(=O)O)CCCCC1. The van der Waals surface area contributed by atoms with Crippen LogP contribution in [-0.2, 0) is 21.4 Å². The number of benzene rings is 1. The molecule has 1 amide bonds. The second kappa shape index (κ2) is 5.17. The van der Waals surface area contributed by atoms with Crippen molar-refractivity contribution in [1.82, 2.24) is 0 Å². The fourth-order valence-electron chi connectivity index (χ4n) is 3.89. The van der Waals surface area contributed by atoms with Gasteiger partial charge in [-0.1, -0.05) is 31.4 Å². The van der Waals surface area contributed by atoms with Crippen molar-refractivity contribution in [2.24, 2.45) is 0 Å². The molecule has 0 spiro atoms. The van der Waals surface area contributed by atoms with Crippen LogP contribution >= 0.6 is 0 Å². The van der Waals surface area contributed by atoms with Gasteiger partial charge in [0.1, 0.15) is 0 Å². The lowest BCUT2D eigenvalue weighted by molar-refractivity contribution is -0.145. The van der Waals surface area contributed by atoms with Crippen LogP contribution in [0.1, 0.15) is 49.7 Å². The van der Waals surface area contributed by atoms with E-state index in [2.05, 4.69) is 0 Å². The maximum Gasteiger partial charge on any atom is 0.314 e. The zero-order valence-corrected chi connectivity index (χ0v) is 12.4. The Kier molecular flexibility index (Phi) is 3.47. The van der Waals surface area contributed by atoms with E-state index in [1.807, 2.05) is 18.2 Å². The highest BCUT2D eigenvalue weighted by molar-refractivity contribution is 5.97. The highest BCUT2D eigenvalue weighted by Crippen LogP contribution is 2.44. The second-order valence-electron chi connectivity index (χ2n) is 6.20. The Morgan fingerprint density at radius 1 is 1.19 bits per heavy atom. The molecule has 1 N–H and O–H groups in total. The van der Waals surface area contributed by atoms with E-state index in [1.165, 1.54) is 0 Å². The van der Waals surface area contributed by atoms with Gasteiger partial charge < -0.3 is 10.0 Å². The molecule has 21 heavy (non-hydrogen) atoms. The van der Waals surface area contributed by atoms with Crippen LogP contribution in [0, 0.1) is 0 Å². The number of hydrogen-bond acceptors (Lipinski definition) is 2. The third-order valence-electron chi connectivity index (χ3n) is 5.11. The molecule has 4 nitrogen and oxygen atoms in total. The first-order valence-corrected chi connectivity index (χ1v) is 7.68. The average Bonchev–Trinajstić information content (AvgIpc) is 2.51. The third kappa shape index (κ3) is 2.13. The standard InChI is InChI=1S/C17H21NO3/c1-18-14-7-5-6-13(12(14)8-9-15(18)19)17(16(20)21)10-3-2-4-11-17/h5-7H,2-4,8-11H2,1H3,(H,20,21). The van der Waals surface area contributed by atoms with Gasteiger partial charge in [0.05, 0.1) is 5.41 Å². The van der Waals surface area contributed by atoms with Crippen molar-refractivity contribution in [2.45, 2.75) is 50.4 Å². The number of carbonyl (C=O) groups excluding carboxylic acids is 1. The van der Waals surface area contributed by atoms with Crippen molar-refractivity contribution in [1.29, 1.82) is 0 Å². The smallest absolute Gasteiger partial charge is 0.314 e. The molecule has 0 aromatic heterocycles. The van der Waals surface area contributed by atoms with Gasteiger partial charge in [0, 0.05) is 19.2 Å². The molecule has 0 saturated heterocycles. The summed E-state index contributed by atoms with van der Waals surface area (Å²) < 4.78 is 0. The molecule has 1 fully saturated rings. The number of fused-ring (bicyclic) bond motifs is 1. The first-order valence-electron chi connectivity index (χ1n) is 7.68. The Bertz CT molecular complexity index is 588. The quantitative estimate of drug-likeness (QED) is 0.910. The van der Waals surface area contributed by atoms with Crippen LogP contribution in [0.15, 0.2) is 18.2 Å². The highest BCUT2D eigenvalue weighted by atomic mass is 16.4. The van der Waals surface area contributed by atoms with Crippen LogP contribution in [-0.4, -0.2) is 24.0 Å². The fourth-order valence-corrected chi connectivity index (χ4v) is 3.89. The van der Waals surface area contributed by atoms with Crippen LogP contribution < -0.4 is 4.90 Å². The number of nitrogens with zero attached hydrogens (tertiary/aromatic N) is 1. The van der Waals surface area contributed by atoms with Gasteiger partial charge in [-0.3, -0.25) is 9.59 Å². The van der Waals surface area contributed by atoms with Gasteiger partial charge in [-0.15, -0.1) is 0 Å². The number of rotatable bonds is 2. The molecular weight excluding hydrogens is 266 g/mol. The fraction of sp³-hybridized carbons (Fsp3) is 0.529. The van der Waals surface area contributed by atoms with Crippen molar-refractivity contribution in [3.05, 3.63) is 29.3 Å². The predicted octanol–water partition coefficient (Wildman–Crippen LogP) is 2.88. The van der Waals surface area contributed by atoms with E-state index >= 15 is 0 Å². The third-order valence-corrected chi connectivity index (χ3v) is 5.11. The molecule has 3 rings (SSSR count). The largest absolute Gasteiger partial charge is 0.481 e. The number of hydrogen-bond donors (Lipinski definition) is 1. The van der Waals surface area contributed by atoms with E-state index in [9.17, 15) is 14.7 Å². The van der Waals surface area contributed by atoms with E-state index in [-0.39, 0.29) is 5.91 Å². The minimum Gasteiger partial charge on any atom is -0.481 e. The molecule has 112 valence electrons. The lowest BCUT2D eigenvalue weighted by Gasteiger charge is -2.37. The zero-order chi connectivity index (χ0) is 15.0. The van der Waals surface area contributed by atoms with Gasteiger partial charge >= 0.3 is 5.97 Å². The molecule has 1 heterocycles. The van der Waals surface area contributed by atoms with Crippen molar-refractivity contribution in [2.75, 3.05) is 11.9 Å². The Labute approximate surface area is 124 Å². The molecular formula is C17H21NO3. The predicted molar refractivity (Wildman–Crippen MR) is 80.6 cm³/mol. The summed E-state index contributed by atoms with van der Waals surface area (Å²) in [6.45, 7) is 0. The van der Waals surface area contributed by atoms with E-state index < -0.39 is 11.4 Å². The normalized spacial score (nSPS) is 21.0. The van der Waals surface area contributed by atoms with Crippen LogP contribution in [0.3, 0.4) is 0 Å². The van der Waals surface area contributed by atoms with Crippen molar-refractivity contribution in [3.63, 3.8) is 0 Å². The summed E-state index contributed by atoms with van der Waals surface area (Å²) >= 11 is 0. The van der Waals surface area contributed by atoms with E-state index in [0.717, 1.165) is 36.1 Å². The molecule has 0 atom stereocenters. The van der Waals surface area contributed by atoms with Gasteiger partial charge in [-0.25, -0.2) is 0 Å². The number of carboxylic acid groups (broad SMARTS) is 1. The number of amides is 1. The molecule has 0 unspecified atom stereocenters. The number of anilines is 1. The first-order chi connectivity index (χ1) is 10.1. The van der Waals surface area contributed by atoms with Gasteiger partial charge in [0.25, 0.3) is 0 Å². The van der Waals surface area contributed by atoms with Crippen molar-refractivity contribution < 1.29 is 14.7 Å². The van der Waals surface area contributed by atoms with Gasteiger partial charge in [-0.05, 0) is 36.5 Å². The molecule has 1 aliphatic heterocycles. The summed E-state index contributed by atoms with van der Waals surface area (Å²) in [5.41, 5.74) is 2.12. The highest BCUT2D eigenvalue weighted by Gasteiger charge is 2.43. The molecule has 1 aromatic carbocycles. The minimum atomic E-state index is -0.759. The summed E-state index contributed by atoms with van der Waals surface area (Å²) in [6.07, 6.45) is 5.57. The summed E-state index contributed by atoms with van der Waals surface area (Å²) in [5, 5.41) is 9.88. The van der Waals surface area contributed by atoms with Crippen molar-refractivity contribution in [3.8, 4) is 0 Å². The Morgan fingerprint density at radius 2 is 1.90 bits per heavy atom. The molecule has 1 saturated carbocycles. The number of carboxylic acids is 1. The van der Waals surface area contributed by atoms with Crippen LogP contribution in [0.5, 0.6) is 0 Å². The zero-order valence-electron chi connectivity index (χ0n) is 12.4. The van der Waals surface area contributed by atoms with E-state index in [4.69, 9.17) is 0 Å². The molecule has 0 bridgehead atoms. The second-order valence-corrected chi connectivity index (χ2v) is 6.20. The maximum absolute atomic E-state index is 12.0. The monoisotopic (exact) mass is 287 g/mol. The Balaban J connectivity index is 2.14. The van der Waals surface area contributed by atoms with Gasteiger partial charge in [0.2, 0.25) is 5.91 Å². The van der Waals surface area contributed by atoms with Crippen LogP contribution in [0.25, 0.3) is 0 Å². The van der Waals surface area contributed by atoms with Gasteiger partial charge in [-0.2, -0.15) is 0 Å². The Morgan fingerprint density at radius 3 is 2.57 bits per heavy atom. The molecule has 1 aliphatic carbocycles. The Hall–Kier alpha value is -1.84. The summed E-state index contributed by atoms with van der Waals surface area (Å²) in [6, 6.07) is 5.78. The number of aliphatic carboxylic acids is 1. The first kappa shape index (κ1) is 14.1. The number of carbonyl (C=O) groups is 2. The maximum atomic E-state index is 12.0. The molecule has 0 radical (unpaired) electrons. The summed E-state index contributed by atoms with van der Waals surface area (Å²) in [7, 11) is 1.78. The van der Waals surface area contributed by atoms with Crippen LogP contribution in [0.4, 0.5) is 5.69 Å². The lowest BCUT2D eigenvalue weighted by atomic mass is 9.67. The van der Waals surface area contributed by atoms with Crippen LogP contribution in [0.2, 0.25) is 0 Å². The molecule has 1 aromatic rings. The van der Waals surface area contributed by atoms with Gasteiger partial charge in [0.15, 0.2) is 0 Å². The lowest BCUT2D eigenvalue weighted by Crippen LogP contribution is -2.40. The minimum absolute atomic E-state index is 0.104.